The third-order valence-corrected chi connectivity index (χ3v) is 6.27. The van der Waals surface area contributed by atoms with E-state index in [2.05, 4.69) is 6.92 Å². The van der Waals surface area contributed by atoms with Gasteiger partial charge in [-0.05, 0) is 30.7 Å². The number of rotatable bonds is 3. The van der Waals surface area contributed by atoms with Gasteiger partial charge in [0.2, 0.25) is 11.8 Å². The van der Waals surface area contributed by atoms with Gasteiger partial charge in [0, 0.05) is 13.1 Å². The van der Waals surface area contributed by atoms with Crippen molar-refractivity contribution < 1.29 is 19.1 Å². The SMILES string of the molecule is C[C@@H]1CCC[C@@]2(C1)OC[C@H](C(=O)N1CCOCC1)N2C(=O)Cc1ccccc1. The Labute approximate surface area is 166 Å². The second-order valence-corrected chi connectivity index (χ2v) is 8.34. The number of ether oxygens (including phenoxy) is 2. The molecule has 3 aliphatic rings. The van der Waals surface area contributed by atoms with E-state index in [1.807, 2.05) is 40.1 Å². The van der Waals surface area contributed by atoms with Crippen molar-refractivity contribution in [2.45, 2.75) is 50.8 Å². The van der Waals surface area contributed by atoms with Gasteiger partial charge in [-0.25, -0.2) is 0 Å². The van der Waals surface area contributed by atoms with Gasteiger partial charge in [0.05, 0.1) is 26.2 Å². The van der Waals surface area contributed by atoms with Gasteiger partial charge in [-0.15, -0.1) is 0 Å². The number of amides is 2. The summed E-state index contributed by atoms with van der Waals surface area (Å²) in [5, 5.41) is 0. The average Bonchev–Trinajstić information content (AvgIpc) is 3.07. The summed E-state index contributed by atoms with van der Waals surface area (Å²) >= 11 is 0. The Morgan fingerprint density at radius 3 is 2.64 bits per heavy atom. The fraction of sp³-hybridized carbons (Fsp3) is 0.636. The van der Waals surface area contributed by atoms with E-state index in [1.54, 1.807) is 0 Å². The molecule has 1 saturated carbocycles. The minimum absolute atomic E-state index is 0.000173. The van der Waals surface area contributed by atoms with Crippen molar-refractivity contribution in [3.63, 3.8) is 0 Å². The molecule has 1 spiro atoms. The summed E-state index contributed by atoms with van der Waals surface area (Å²) in [6.07, 6.45) is 4.08. The first-order valence-electron chi connectivity index (χ1n) is 10.5. The Morgan fingerprint density at radius 2 is 1.93 bits per heavy atom. The first-order valence-corrected chi connectivity index (χ1v) is 10.5. The standard InChI is InChI=1S/C22H30N2O4/c1-17-6-5-9-22(15-17)24(20(25)14-18-7-3-2-4-8-18)19(16-28-22)21(26)23-10-12-27-13-11-23/h2-4,7-8,17,19H,5-6,9-16H2,1H3/t17-,19-,22+/m1/s1. The van der Waals surface area contributed by atoms with Gasteiger partial charge in [0.15, 0.2) is 0 Å². The molecule has 152 valence electrons. The van der Waals surface area contributed by atoms with Crippen LogP contribution >= 0.6 is 0 Å². The Balaban J connectivity index is 1.59. The molecule has 2 heterocycles. The topological polar surface area (TPSA) is 59.1 Å². The fourth-order valence-corrected chi connectivity index (χ4v) is 4.92. The average molecular weight is 386 g/mol. The Kier molecular flexibility index (Phi) is 5.69. The van der Waals surface area contributed by atoms with Crippen LogP contribution in [0.2, 0.25) is 0 Å². The lowest BCUT2D eigenvalue weighted by Gasteiger charge is -2.44. The maximum absolute atomic E-state index is 13.4. The Hall–Kier alpha value is -1.92. The molecule has 0 aromatic heterocycles. The molecule has 6 heteroatoms. The van der Waals surface area contributed by atoms with Gasteiger partial charge in [0.25, 0.3) is 0 Å². The van der Waals surface area contributed by atoms with Crippen molar-refractivity contribution in [3.05, 3.63) is 35.9 Å². The van der Waals surface area contributed by atoms with Gasteiger partial charge in [-0.2, -0.15) is 0 Å². The number of hydrogen-bond donors (Lipinski definition) is 0. The Bertz CT molecular complexity index is 704. The van der Waals surface area contributed by atoms with E-state index in [-0.39, 0.29) is 11.8 Å². The van der Waals surface area contributed by atoms with Crippen LogP contribution in [-0.4, -0.2) is 66.3 Å². The maximum Gasteiger partial charge on any atom is 0.248 e. The quantitative estimate of drug-likeness (QED) is 0.799. The van der Waals surface area contributed by atoms with Crippen molar-refractivity contribution >= 4 is 11.8 Å². The van der Waals surface area contributed by atoms with E-state index >= 15 is 0 Å². The summed E-state index contributed by atoms with van der Waals surface area (Å²) in [6, 6.07) is 9.23. The normalized spacial score (nSPS) is 30.6. The van der Waals surface area contributed by atoms with E-state index in [4.69, 9.17) is 9.47 Å². The third-order valence-electron chi connectivity index (χ3n) is 6.27. The summed E-state index contributed by atoms with van der Waals surface area (Å²) in [6.45, 7) is 4.78. The van der Waals surface area contributed by atoms with Crippen molar-refractivity contribution in [2.75, 3.05) is 32.9 Å². The molecular weight excluding hydrogens is 356 g/mol. The molecule has 0 unspecified atom stereocenters. The van der Waals surface area contributed by atoms with Gasteiger partial charge < -0.3 is 14.4 Å². The molecule has 0 bridgehead atoms. The molecule has 2 aliphatic heterocycles. The minimum Gasteiger partial charge on any atom is -0.378 e. The summed E-state index contributed by atoms with van der Waals surface area (Å²) in [5.74, 6) is 0.474. The highest BCUT2D eigenvalue weighted by molar-refractivity contribution is 5.89. The van der Waals surface area contributed by atoms with E-state index in [1.165, 1.54) is 0 Å². The van der Waals surface area contributed by atoms with Gasteiger partial charge in [0.1, 0.15) is 11.8 Å². The molecule has 4 rings (SSSR count). The molecule has 3 fully saturated rings. The summed E-state index contributed by atoms with van der Waals surface area (Å²) in [7, 11) is 0. The molecule has 28 heavy (non-hydrogen) atoms. The number of morpholine rings is 1. The van der Waals surface area contributed by atoms with Crippen LogP contribution in [0.25, 0.3) is 0 Å². The highest BCUT2D eigenvalue weighted by Crippen LogP contribution is 2.43. The highest BCUT2D eigenvalue weighted by Gasteiger charge is 2.54. The van der Waals surface area contributed by atoms with Crippen LogP contribution < -0.4 is 0 Å². The van der Waals surface area contributed by atoms with Crippen LogP contribution in [0.1, 0.15) is 38.2 Å². The number of benzene rings is 1. The zero-order valence-electron chi connectivity index (χ0n) is 16.6. The number of carbonyl (C=O) groups is 2. The second kappa shape index (κ2) is 8.21. The number of hydrogen-bond acceptors (Lipinski definition) is 4. The fourth-order valence-electron chi connectivity index (χ4n) is 4.92. The van der Waals surface area contributed by atoms with E-state index in [0.29, 0.717) is 45.2 Å². The maximum atomic E-state index is 13.4. The van der Waals surface area contributed by atoms with Crippen LogP contribution in [0.4, 0.5) is 0 Å². The molecule has 1 aromatic carbocycles. The zero-order chi connectivity index (χ0) is 19.6. The third kappa shape index (κ3) is 3.80. The Morgan fingerprint density at radius 1 is 1.18 bits per heavy atom. The van der Waals surface area contributed by atoms with Crippen molar-refractivity contribution in [2.24, 2.45) is 5.92 Å². The molecule has 2 saturated heterocycles. The first-order chi connectivity index (χ1) is 13.6. The van der Waals surface area contributed by atoms with Crippen molar-refractivity contribution in [3.8, 4) is 0 Å². The van der Waals surface area contributed by atoms with Crippen LogP contribution in [0.5, 0.6) is 0 Å². The predicted molar refractivity (Wildman–Crippen MR) is 104 cm³/mol. The lowest BCUT2D eigenvalue weighted by atomic mass is 9.83. The van der Waals surface area contributed by atoms with Crippen LogP contribution in [0, 0.1) is 5.92 Å². The van der Waals surface area contributed by atoms with E-state index in [9.17, 15) is 9.59 Å². The van der Waals surface area contributed by atoms with Crippen LogP contribution in [0.3, 0.4) is 0 Å². The smallest absolute Gasteiger partial charge is 0.248 e. The summed E-state index contributed by atoms with van der Waals surface area (Å²) in [5.41, 5.74) is 0.340. The highest BCUT2D eigenvalue weighted by atomic mass is 16.5. The van der Waals surface area contributed by atoms with Crippen molar-refractivity contribution in [1.82, 2.24) is 9.80 Å². The second-order valence-electron chi connectivity index (χ2n) is 8.34. The predicted octanol–water partition coefficient (Wildman–Crippen LogP) is 2.22. The molecule has 2 amide bonds. The lowest BCUT2D eigenvalue weighted by Crippen LogP contribution is -2.58. The molecule has 1 aliphatic carbocycles. The molecule has 3 atom stereocenters. The lowest BCUT2D eigenvalue weighted by molar-refractivity contribution is -0.164. The van der Waals surface area contributed by atoms with Crippen LogP contribution in [-0.2, 0) is 25.5 Å². The molecule has 0 N–H and O–H groups in total. The van der Waals surface area contributed by atoms with Gasteiger partial charge >= 0.3 is 0 Å². The molecule has 0 radical (unpaired) electrons. The van der Waals surface area contributed by atoms with E-state index < -0.39 is 11.8 Å². The number of carbonyl (C=O) groups excluding carboxylic acids is 2. The first kappa shape index (κ1) is 19.4. The molecule has 6 nitrogen and oxygen atoms in total. The zero-order valence-corrected chi connectivity index (χ0v) is 16.6. The summed E-state index contributed by atoms with van der Waals surface area (Å²) in [4.78, 5) is 30.4. The summed E-state index contributed by atoms with van der Waals surface area (Å²) < 4.78 is 11.7. The van der Waals surface area contributed by atoms with Crippen molar-refractivity contribution in [1.29, 1.82) is 0 Å². The number of nitrogens with zero attached hydrogens (tertiary/aromatic N) is 2. The van der Waals surface area contributed by atoms with Crippen LogP contribution in [0.15, 0.2) is 30.3 Å². The monoisotopic (exact) mass is 386 g/mol. The minimum atomic E-state index is -0.629. The van der Waals surface area contributed by atoms with Gasteiger partial charge in [-0.3, -0.25) is 14.5 Å². The molecule has 1 aromatic rings. The molecular formula is C22H30N2O4. The van der Waals surface area contributed by atoms with Gasteiger partial charge in [-0.1, -0.05) is 43.7 Å². The van der Waals surface area contributed by atoms with E-state index in [0.717, 1.165) is 31.2 Å². The largest absolute Gasteiger partial charge is 0.378 e.